The van der Waals surface area contributed by atoms with Gasteiger partial charge in [0, 0.05) is 9.99 Å². The summed E-state index contributed by atoms with van der Waals surface area (Å²) in [7, 11) is 0. The minimum atomic E-state index is -0.0474. The van der Waals surface area contributed by atoms with E-state index >= 15 is 0 Å². The first-order valence-corrected chi connectivity index (χ1v) is 9.63. The van der Waals surface area contributed by atoms with Gasteiger partial charge in [0.1, 0.15) is 0 Å². The van der Waals surface area contributed by atoms with Crippen molar-refractivity contribution in [2.45, 2.75) is 71.1 Å². The van der Waals surface area contributed by atoms with Gasteiger partial charge >= 0.3 is 5.97 Å². The van der Waals surface area contributed by atoms with E-state index in [0.29, 0.717) is 18.9 Å². The van der Waals surface area contributed by atoms with E-state index < -0.39 is 0 Å². The molecule has 1 rings (SSSR count). The standard InChI is InChI=1S/C19H29IO2/c1-3-22-19(21)15-9-7-5-4-6-8-12-16(2)17-13-10-11-14-18(17)20/h10-11,13-14,16H,3-9,12,15H2,1-2H3. The predicted octanol–water partition coefficient (Wildman–Crippen LogP) is 6.08. The molecule has 0 saturated heterocycles. The molecule has 0 amide bonds. The lowest BCUT2D eigenvalue weighted by atomic mass is 9.95. The van der Waals surface area contributed by atoms with Gasteiger partial charge in [-0.2, -0.15) is 0 Å². The Balaban J connectivity index is 2.02. The summed E-state index contributed by atoms with van der Waals surface area (Å²) >= 11 is 2.43. The first-order valence-electron chi connectivity index (χ1n) is 8.55. The van der Waals surface area contributed by atoms with Gasteiger partial charge < -0.3 is 4.74 Å². The van der Waals surface area contributed by atoms with E-state index in [0.717, 1.165) is 12.8 Å². The molecule has 0 aliphatic carbocycles. The van der Waals surface area contributed by atoms with Gasteiger partial charge in [-0.15, -0.1) is 0 Å². The largest absolute Gasteiger partial charge is 0.466 e. The molecular weight excluding hydrogens is 387 g/mol. The Morgan fingerprint density at radius 2 is 1.73 bits per heavy atom. The van der Waals surface area contributed by atoms with Crippen LogP contribution in [0.15, 0.2) is 24.3 Å². The fraction of sp³-hybridized carbons (Fsp3) is 0.632. The maximum absolute atomic E-state index is 11.2. The topological polar surface area (TPSA) is 26.3 Å². The summed E-state index contributed by atoms with van der Waals surface area (Å²) in [5.41, 5.74) is 1.48. The molecule has 0 saturated carbocycles. The molecule has 1 unspecified atom stereocenters. The van der Waals surface area contributed by atoms with E-state index in [4.69, 9.17) is 4.74 Å². The molecule has 1 atom stereocenters. The van der Waals surface area contributed by atoms with Crippen LogP contribution in [0.4, 0.5) is 0 Å². The van der Waals surface area contributed by atoms with E-state index in [1.54, 1.807) is 0 Å². The smallest absolute Gasteiger partial charge is 0.305 e. The van der Waals surface area contributed by atoms with Crippen LogP contribution in [0.1, 0.15) is 76.7 Å². The first-order chi connectivity index (χ1) is 10.6. The second-order valence-corrected chi connectivity index (χ2v) is 7.05. The van der Waals surface area contributed by atoms with Gasteiger partial charge in [-0.25, -0.2) is 0 Å². The van der Waals surface area contributed by atoms with Crippen molar-refractivity contribution in [2.75, 3.05) is 6.61 Å². The normalized spacial score (nSPS) is 12.1. The third kappa shape index (κ3) is 8.16. The van der Waals surface area contributed by atoms with Crippen molar-refractivity contribution in [1.82, 2.24) is 0 Å². The number of carbonyl (C=O) groups is 1. The Morgan fingerprint density at radius 3 is 2.41 bits per heavy atom. The number of benzene rings is 1. The minimum absolute atomic E-state index is 0.0474. The second kappa shape index (κ2) is 11.9. The molecular formula is C19H29IO2. The molecule has 3 heteroatoms. The summed E-state index contributed by atoms with van der Waals surface area (Å²) in [6.45, 7) is 4.68. The van der Waals surface area contributed by atoms with Crippen molar-refractivity contribution in [3.05, 3.63) is 33.4 Å². The SMILES string of the molecule is CCOC(=O)CCCCCCCCC(C)c1ccccc1I. The molecule has 0 aromatic heterocycles. The average Bonchev–Trinajstić information content (AvgIpc) is 2.50. The van der Waals surface area contributed by atoms with Crippen molar-refractivity contribution in [3.63, 3.8) is 0 Å². The Hall–Kier alpha value is -0.580. The lowest BCUT2D eigenvalue weighted by Crippen LogP contribution is -2.03. The monoisotopic (exact) mass is 416 g/mol. The zero-order valence-corrected chi connectivity index (χ0v) is 16.1. The van der Waals surface area contributed by atoms with Gasteiger partial charge in [0.15, 0.2) is 0 Å². The first kappa shape index (κ1) is 19.5. The molecule has 1 aromatic carbocycles. The number of esters is 1. The third-order valence-electron chi connectivity index (χ3n) is 4.01. The summed E-state index contributed by atoms with van der Waals surface area (Å²) < 4.78 is 6.31. The molecule has 0 bridgehead atoms. The molecule has 0 radical (unpaired) electrons. The maximum atomic E-state index is 11.2. The number of halogens is 1. The minimum Gasteiger partial charge on any atom is -0.466 e. The lowest BCUT2D eigenvalue weighted by molar-refractivity contribution is -0.143. The van der Waals surface area contributed by atoms with E-state index in [1.165, 1.54) is 41.2 Å². The summed E-state index contributed by atoms with van der Waals surface area (Å²) in [6, 6.07) is 8.68. The highest BCUT2D eigenvalue weighted by molar-refractivity contribution is 14.1. The van der Waals surface area contributed by atoms with Crippen molar-refractivity contribution in [2.24, 2.45) is 0 Å². The van der Waals surface area contributed by atoms with E-state index in [-0.39, 0.29) is 5.97 Å². The van der Waals surface area contributed by atoms with Crippen molar-refractivity contribution < 1.29 is 9.53 Å². The third-order valence-corrected chi connectivity index (χ3v) is 4.99. The highest BCUT2D eigenvalue weighted by atomic mass is 127. The molecule has 0 aliphatic rings. The van der Waals surface area contributed by atoms with E-state index in [9.17, 15) is 4.79 Å². The Morgan fingerprint density at radius 1 is 1.09 bits per heavy atom. The fourth-order valence-electron chi connectivity index (χ4n) is 2.69. The second-order valence-electron chi connectivity index (χ2n) is 5.89. The van der Waals surface area contributed by atoms with Crippen molar-refractivity contribution in [1.29, 1.82) is 0 Å². The molecule has 2 nitrogen and oxygen atoms in total. The van der Waals surface area contributed by atoms with Crippen molar-refractivity contribution in [3.8, 4) is 0 Å². The van der Waals surface area contributed by atoms with Crippen LogP contribution in [0, 0.1) is 3.57 Å². The number of rotatable bonds is 11. The summed E-state index contributed by atoms with van der Waals surface area (Å²) in [4.78, 5) is 11.2. The quantitative estimate of drug-likeness (QED) is 0.248. The molecule has 0 heterocycles. The van der Waals surface area contributed by atoms with Gasteiger partial charge in [0.05, 0.1) is 6.61 Å². The van der Waals surface area contributed by atoms with Crippen LogP contribution < -0.4 is 0 Å². The summed E-state index contributed by atoms with van der Waals surface area (Å²) in [6.07, 6.45) is 9.07. The van der Waals surface area contributed by atoms with Gasteiger partial charge in [0.25, 0.3) is 0 Å². The Bertz CT molecular complexity index is 431. The van der Waals surface area contributed by atoms with Crippen LogP contribution in [0.3, 0.4) is 0 Å². The molecule has 0 fully saturated rings. The highest BCUT2D eigenvalue weighted by Crippen LogP contribution is 2.26. The summed E-state index contributed by atoms with van der Waals surface area (Å²) in [5, 5.41) is 0. The highest BCUT2D eigenvalue weighted by Gasteiger charge is 2.08. The van der Waals surface area contributed by atoms with Crippen LogP contribution in [0.2, 0.25) is 0 Å². The number of ether oxygens (including phenoxy) is 1. The molecule has 124 valence electrons. The van der Waals surface area contributed by atoms with Gasteiger partial charge in [-0.05, 0) is 59.9 Å². The summed E-state index contributed by atoms with van der Waals surface area (Å²) in [5.74, 6) is 0.603. The van der Waals surface area contributed by atoms with Crippen LogP contribution in [0.5, 0.6) is 0 Å². The number of hydrogen-bond acceptors (Lipinski definition) is 2. The fourth-order valence-corrected chi connectivity index (χ4v) is 3.61. The molecule has 0 spiro atoms. The Kier molecular flexibility index (Phi) is 10.5. The van der Waals surface area contributed by atoms with Crippen LogP contribution in [0.25, 0.3) is 0 Å². The molecule has 22 heavy (non-hydrogen) atoms. The maximum Gasteiger partial charge on any atom is 0.305 e. The van der Waals surface area contributed by atoms with E-state index in [1.807, 2.05) is 6.92 Å². The number of unbranched alkanes of at least 4 members (excludes halogenated alkanes) is 5. The lowest BCUT2D eigenvalue weighted by Gasteiger charge is -2.13. The van der Waals surface area contributed by atoms with Crippen LogP contribution in [-0.4, -0.2) is 12.6 Å². The zero-order valence-electron chi connectivity index (χ0n) is 13.9. The molecule has 0 N–H and O–H groups in total. The van der Waals surface area contributed by atoms with Gasteiger partial charge in [0.2, 0.25) is 0 Å². The zero-order chi connectivity index (χ0) is 16.2. The van der Waals surface area contributed by atoms with Gasteiger partial charge in [-0.3, -0.25) is 4.79 Å². The molecule has 1 aromatic rings. The van der Waals surface area contributed by atoms with Gasteiger partial charge in [-0.1, -0.05) is 57.2 Å². The van der Waals surface area contributed by atoms with Crippen LogP contribution >= 0.6 is 22.6 Å². The number of carbonyl (C=O) groups excluding carboxylic acids is 1. The Labute approximate surface area is 149 Å². The molecule has 0 aliphatic heterocycles. The predicted molar refractivity (Wildman–Crippen MR) is 101 cm³/mol. The van der Waals surface area contributed by atoms with E-state index in [2.05, 4.69) is 53.8 Å². The average molecular weight is 416 g/mol. The van der Waals surface area contributed by atoms with Crippen LogP contribution in [-0.2, 0) is 9.53 Å². The van der Waals surface area contributed by atoms with Crippen molar-refractivity contribution >= 4 is 28.6 Å². The number of hydrogen-bond donors (Lipinski definition) is 0.